The summed E-state index contributed by atoms with van der Waals surface area (Å²) in [5.74, 6) is 1.15. The van der Waals surface area contributed by atoms with Crippen LogP contribution >= 0.6 is 0 Å². The van der Waals surface area contributed by atoms with Gasteiger partial charge in [0.1, 0.15) is 11.9 Å². The lowest BCUT2D eigenvalue weighted by molar-refractivity contribution is -0.145. The first-order valence-electron chi connectivity index (χ1n) is 17.2. The number of unbranched alkanes of at least 4 members (excludes halogenated alkanes) is 4. The maximum atomic E-state index is 14.0. The molecule has 2 bridgehead atoms. The highest BCUT2D eigenvalue weighted by atomic mass is 16.6. The van der Waals surface area contributed by atoms with E-state index in [9.17, 15) is 14.7 Å². The van der Waals surface area contributed by atoms with Crippen LogP contribution in [0.25, 0.3) is 0 Å². The quantitative estimate of drug-likeness (QED) is 0.117. The molecule has 2 aliphatic heterocycles. The number of aromatic hydroxyl groups is 1. The summed E-state index contributed by atoms with van der Waals surface area (Å²) in [6.45, 7) is 11.3. The molecule has 5 atom stereocenters. The van der Waals surface area contributed by atoms with Gasteiger partial charge in [0.15, 0.2) is 11.5 Å². The van der Waals surface area contributed by atoms with E-state index in [4.69, 9.17) is 9.47 Å². The maximum absolute atomic E-state index is 14.0. The van der Waals surface area contributed by atoms with Gasteiger partial charge in [0.05, 0.1) is 6.04 Å². The molecule has 4 aliphatic rings. The van der Waals surface area contributed by atoms with Crippen molar-refractivity contribution >= 4 is 11.9 Å². The predicted octanol–water partition coefficient (Wildman–Crippen LogP) is 6.73. The Morgan fingerprint density at radius 2 is 1.91 bits per heavy atom. The number of esters is 1. The number of phenols is 1. The number of benzene rings is 2. The standard InChI is InChI=1S/C38H50N2O5/c1-5-21-39-22-20-38-29-18-19-30(37(38)45-36-33(44-26(4)41)24-32(42)28(35(36)38)23-31(29)39)40(25(2)3)34(43)17-13-8-6-7-10-14-27-15-11-9-12-16-27/h5,9,11-12,15-16,24-25,29-31,37,42H,1,6-8,10,13-14,17-23H2,2-4H3/t29-,30-,31+,37-,38-/m0/s1. The van der Waals surface area contributed by atoms with Gasteiger partial charge < -0.3 is 19.5 Å². The first-order valence-corrected chi connectivity index (χ1v) is 17.2. The summed E-state index contributed by atoms with van der Waals surface area (Å²) in [6, 6.07) is 12.4. The third-order valence-electron chi connectivity index (χ3n) is 11.0. The summed E-state index contributed by atoms with van der Waals surface area (Å²) in [7, 11) is 0. The number of piperidine rings is 1. The van der Waals surface area contributed by atoms with Gasteiger partial charge in [0.2, 0.25) is 5.91 Å². The van der Waals surface area contributed by atoms with Crippen LogP contribution in [0.15, 0.2) is 49.1 Å². The minimum Gasteiger partial charge on any atom is -0.508 e. The summed E-state index contributed by atoms with van der Waals surface area (Å²) in [5, 5.41) is 11.3. The normalized spacial score (nSPS) is 26.2. The van der Waals surface area contributed by atoms with Crippen LogP contribution in [-0.2, 0) is 27.8 Å². The molecule has 2 fully saturated rings. The summed E-state index contributed by atoms with van der Waals surface area (Å²) in [6.07, 6.45) is 12.3. The van der Waals surface area contributed by atoms with Gasteiger partial charge >= 0.3 is 5.97 Å². The van der Waals surface area contributed by atoms with E-state index in [1.165, 1.54) is 25.3 Å². The average Bonchev–Trinajstić information content (AvgIpc) is 3.35. The largest absolute Gasteiger partial charge is 0.508 e. The van der Waals surface area contributed by atoms with Crippen LogP contribution in [0.1, 0.15) is 95.2 Å². The van der Waals surface area contributed by atoms with Gasteiger partial charge in [0, 0.05) is 54.6 Å². The first-order chi connectivity index (χ1) is 21.8. The monoisotopic (exact) mass is 614 g/mol. The van der Waals surface area contributed by atoms with Crippen molar-refractivity contribution in [2.24, 2.45) is 5.92 Å². The van der Waals surface area contributed by atoms with Gasteiger partial charge in [-0.2, -0.15) is 0 Å². The van der Waals surface area contributed by atoms with Crippen molar-refractivity contribution < 1.29 is 24.2 Å². The number of carbonyl (C=O) groups is 2. The van der Waals surface area contributed by atoms with Crippen LogP contribution in [0, 0.1) is 5.92 Å². The van der Waals surface area contributed by atoms with E-state index in [0.717, 1.165) is 75.6 Å². The molecule has 0 aromatic heterocycles. The Bertz CT molecular complexity index is 1410. The SMILES string of the molecule is C=CCN1CC[C@]23c4c5c(O)cc(OC(C)=O)c4O[C@H]2[C@@H](N(C(=O)CCCCCCCc2ccccc2)C(C)C)CC[C@H]3[C@H]1C5. The van der Waals surface area contributed by atoms with E-state index in [0.29, 0.717) is 23.8 Å². The molecule has 2 aromatic carbocycles. The van der Waals surface area contributed by atoms with Gasteiger partial charge in [-0.05, 0) is 76.8 Å². The molecule has 6 rings (SSSR count). The number of hydrogen-bond acceptors (Lipinski definition) is 6. The predicted molar refractivity (Wildman–Crippen MR) is 176 cm³/mol. The van der Waals surface area contributed by atoms with Crippen molar-refractivity contribution in [2.75, 3.05) is 13.1 Å². The number of likely N-dealkylation sites (tertiary alicyclic amines) is 1. The molecule has 2 aromatic rings. The highest BCUT2D eigenvalue weighted by molar-refractivity contribution is 5.77. The summed E-state index contributed by atoms with van der Waals surface area (Å²) in [4.78, 5) is 30.7. The molecule has 0 radical (unpaired) electrons. The topological polar surface area (TPSA) is 79.3 Å². The molecule has 7 heteroatoms. The molecule has 1 N–H and O–H groups in total. The summed E-state index contributed by atoms with van der Waals surface area (Å²) < 4.78 is 12.6. The second-order valence-corrected chi connectivity index (χ2v) is 14.0. The van der Waals surface area contributed by atoms with E-state index in [1.54, 1.807) is 6.07 Å². The molecule has 2 heterocycles. The smallest absolute Gasteiger partial charge is 0.308 e. The minimum absolute atomic E-state index is 0.0368. The highest BCUT2D eigenvalue weighted by Gasteiger charge is 2.67. The third-order valence-corrected chi connectivity index (χ3v) is 11.0. The molecule has 2 aliphatic carbocycles. The highest BCUT2D eigenvalue weighted by Crippen LogP contribution is 2.65. The van der Waals surface area contributed by atoms with Gasteiger partial charge in [-0.3, -0.25) is 14.5 Å². The van der Waals surface area contributed by atoms with Gasteiger partial charge in [-0.25, -0.2) is 0 Å². The van der Waals surface area contributed by atoms with Crippen LogP contribution in [0.2, 0.25) is 0 Å². The Morgan fingerprint density at radius 3 is 2.64 bits per heavy atom. The van der Waals surface area contributed by atoms with E-state index in [1.807, 2.05) is 6.08 Å². The Morgan fingerprint density at radius 1 is 1.16 bits per heavy atom. The summed E-state index contributed by atoms with van der Waals surface area (Å²) >= 11 is 0. The fourth-order valence-corrected chi connectivity index (χ4v) is 9.32. The lowest BCUT2D eigenvalue weighted by atomic mass is 9.50. The lowest BCUT2D eigenvalue weighted by Gasteiger charge is -2.60. The van der Waals surface area contributed by atoms with Crippen molar-refractivity contribution in [3.05, 3.63) is 65.7 Å². The number of nitrogens with zero attached hydrogens (tertiary/aromatic N) is 2. The van der Waals surface area contributed by atoms with E-state index in [2.05, 4.69) is 60.6 Å². The zero-order valence-electron chi connectivity index (χ0n) is 27.3. The molecule has 0 unspecified atom stereocenters. The van der Waals surface area contributed by atoms with Gasteiger partial charge in [-0.1, -0.05) is 55.7 Å². The number of amides is 1. The number of phenolic OH excluding ortho intramolecular Hbond substituents is 1. The first kappa shape index (κ1) is 31.7. The van der Waals surface area contributed by atoms with Gasteiger partial charge in [0.25, 0.3) is 0 Å². The Labute approximate surface area is 268 Å². The van der Waals surface area contributed by atoms with E-state index >= 15 is 0 Å². The zero-order valence-corrected chi connectivity index (χ0v) is 27.3. The number of hydrogen-bond donors (Lipinski definition) is 1. The third kappa shape index (κ3) is 5.77. The maximum Gasteiger partial charge on any atom is 0.308 e. The van der Waals surface area contributed by atoms with E-state index in [-0.39, 0.29) is 41.3 Å². The molecule has 45 heavy (non-hydrogen) atoms. The van der Waals surface area contributed by atoms with Crippen molar-refractivity contribution in [1.82, 2.24) is 9.80 Å². The molecule has 1 saturated carbocycles. The number of ether oxygens (including phenoxy) is 2. The summed E-state index contributed by atoms with van der Waals surface area (Å²) in [5.41, 5.74) is 2.99. The van der Waals surface area contributed by atoms with Crippen molar-refractivity contribution in [3.63, 3.8) is 0 Å². The van der Waals surface area contributed by atoms with Gasteiger partial charge in [-0.15, -0.1) is 6.58 Å². The average molecular weight is 615 g/mol. The molecule has 7 nitrogen and oxygen atoms in total. The molecule has 1 spiro atoms. The second-order valence-electron chi connectivity index (χ2n) is 14.0. The fraction of sp³-hybridized carbons (Fsp3) is 0.579. The second kappa shape index (κ2) is 13.2. The fourth-order valence-electron chi connectivity index (χ4n) is 9.32. The van der Waals surface area contributed by atoms with Crippen molar-refractivity contribution in [3.8, 4) is 17.2 Å². The molecule has 242 valence electrons. The van der Waals surface area contributed by atoms with Crippen LogP contribution in [0.3, 0.4) is 0 Å². The van der Waals surface area contributed by atoms with Crippen LogP contribution in [0.5, 0.6) is 17.2 Å². The van der Waals surface area contributed by atoms with Crippen molar-refractivity contribution in [1.29, 1.82) is 0 Å². The molecular weight excluding hydrogens is 564 g/mol. The van der Waals surface area contributed by atoms with Crippen LogP contribution < -0.4 is 9.47 Å². The Balaban J connectivity index is 1.21. The number of carbonyl (C=O) groups excluding carboxylic acids is 2. The van der Waals surface area contributed by atoms with Crippen LogP contribution in [-0.4, -0.2) is 64.1 Å². The van der Waals surface area contributed by atoms with E-state index < -0.39 is 5.97 Å². The number of rotatable bonds is 13. The Hall–Kier alpha value is -3.32. The Kier molecular flexibility index (Phi) is 9.28. The van der Waals surface area contributed by atoms with Crippen molar-refractivity contribution in [2.45, 2.75) is 121 Å². The van der Waals surface area contributed by atoms with Crippen LogP contribution in [0.4, 0.5) is 0 Å². The molecular formula is C38H50N2O5. The molecule has 1 amide bonds. The number of aryl methyl sites for hydroxylation is 1. The minimum atomic E-state index is -0.441. The zero-order chi connectivity index (χ0) is 31.7. The lowest BCUT2D eigenvalue weighted by Crippen LogP contribution is -2.69. The molecule has 1 saturated heterocycles.